The molecule has 3 nitrogen and oxygen atoms in total. The largest absolute Gasteiger partial charge is 0.344 e. The van der Waals surface area contributed by atoms with E-state index in [1.54, 1.807) is 0 Å². The number of likely N-dealkylation sites (N-methyl/N-ethyl adjacent to an activating group) is 1. The normalized spacial score (nSPS) is 16.6. The van der Waals surface area contributed by atoms with Gasteiger partial charge in [-0.1, -0.05) is 50.6 Å². The highest BCUT2D eigenvalue weighted by Gasteiger charge is 2.47. The first-order valence-corrected chi connectivity index (χ1v) is 7.42. The Bertz CT molecular complexity index is 469. The van der Waals surface area contributed by atoms with Crippen LogP contribution in [0.15, 0.2) is 30.3 Å². The maximum absolute atomic E-state index is 12.9. The fraction of sp³-hybridized carbons (Fsp3) is 0.588. The van der Waals surface area contributed by atoms with Gasteiger partial charge in [0.15, 0.2) is 0 Å². The Hall–Kier alpha value is -1.06. The number of hydrogen-bond donors (Lipinski definition) is 1. The lowest BCUT2D eigenvalue weighted by molar-refractivity contribution is -0.140. The van der Waals surface area contributed by atoms with Gasteiger partial charge in [-0.25, -0.2) is 0 Å². The van der Waals surface area contributed by atoms with Gasteiger partial charge in [0, 0.05) is 13.6 Å². The molecular weight excluding hydrogens is 284 g/mol. The van der Waals surface area contributed by atoms with E-state index in [4.69, 9.17) is 5.73 Å². The Balaban J connectivity index is 0.00000220. The van der Waals surface area contributed by atoms with E-state index < -0.39 is 0 Å². The highest BCUT2D eigenvalue weighted by atomic mass is 35.5. The van der Waals surface area contributed by atoms with Crippen LogP contribution in [0.25, 0.3) is 0 Å². The molecule has 1 aromatic rings. The van der Waals surface area contributed by atoms with Crippen LogP contribution in [0.2, 0.25) is 0 Å². The summed E-state index contributed by atoms with van der Waals surface area (Å²) >= 11 is 0. The zero-order valence-electron chi connectivity index (χ0n) is 13.3. The van der Waals surface area contributed by atoms with Gasteiger partial charge in [0.1, 0.15) is 0 Å². The summed E-state index contributed by atoms with van der Waals surface area (Å²) < 4.78 is 0. The Morgan fingerprint density at radius 2 is 1.86 bits per heavy atom. The molecule has 4 heteroatoms. The first-order chi connectivity index (χ1) is 9.41. The van der Waals surface area contributed by atoms with Gasteiger partial charge in [-0.05, 0) is 30.4 Å². The summed E-state index contributed by atoms with van der Waals surface area (Å²) in [6.45, 7) is 5.50. The second kappa shape index (κ2) is 6.80. The van der Waals surface area contributed by atoms with Crippen molar-refractivity contribution < 1.29 is 4.79 Å². The van der Waals surface area contributed by atoms with Crippen LogP contribution in [-0.4, -0.2) is 30.9 Å². The molecule has 1 saturated carbocycles. The average Bonchev–Trinajstić information content (AvgIpc) is 2.38. The Kier molecular flexibility index (Phi) is 5.83. The number of hydrogen-bond acceptors (Lipinski definition) is 2. The molecule has 21 heavy (non-hydrogen) atoms. The molecule has 0 bridgehead atoms. The first-order valence-electron chi connectivity index (χ1n) is 7.42. The molecule has 1 aliphatic rings. The lowest BCUT2D eigenvalue weighted by atomic mass is 9.63. The molecule has 0 saturated heterocycles. The zero-order chi connectivity index (χ0) is 14.8. The van der Waals surface area contributed by atoms with E-state index in [-0.39, 0.29) is 29.1 Å². The molecule has 0 unspecified atom stereocenters. The number of rotatable bonds is 5. The minimum atomic E-state index is -0.291. The number of nitrogens with two attached hydrogens (primary N) is 1. The molecule has 1 fully saturated rings. The minimum absolute atomic E-state index is 0. The van der Waals surface area contributed by atoms with Crippen LogP contribution in [0.5, 0.6) is 0 Å². The van der Waals surface area contributed by atoms with E-state index in [1.165, 1.54) is 0 Å². The number of amides is 1. The molecule has 2 N–H and O–H groups in total. The summed E-state index contributed by atoms with van der Waals surface area (Å²) in [6.07, 6.45) is 3.06. The van der Waals surface area contributed by atoms with Gasteiger partial charge >= 0.3 is 0 Å². The molecule has 2 rings (SSSR count). The number of halogens is 1. The van der Waals surface area contributed by atoms with Crippen molar-refractivity contribution in [3.63, 3.8) is 0 Å². The minimum Gasteiger partial charge on any atom is -0.344 e. The Morgan fingerprint density at radius 1 is 1.29 bits per heavy atom. The average molecular weight is 311 g/mol. The smallest absolute Gasteiger partial charge is 0.232 e. The Morgan fingerprint density at radius 3 is 2.29 bits per heavy atom. The maximum Gasteiger partial charge on any atom is 0.232 e. The quantitative estimate of drug-likeness (QED) is 0.909. The first kappa shape index (κ1) is 18.0. The molecule has 0 spiro atoms. The summed E-state index contributed by atoms with van der Waals surface area (Å²) in [6, 6.07) is 10.2. The third-order valence-electron chi connectivity index (χ3n) is 4.51. The molecule has 1 amide bonds. The summed E-state index contributed by atoms with van der Waals surface area (Å²) in [5, 5.41) is 0. The van der Waals surface area contributed by atoms with E-state index in [2.05, 4.69) is 26.0 Å². The van der Waals surface area contributed by atoms with Crippen LogP contribution in [0, 0.1) is 5.41 Å². The second-order valence-corrected chi connectivity index (χ2v) is 6.83. The maximum atomic E-state index is 12.9. The van der Waals surface area contributed by atoms with Gasteiger partial charge in [-0.3, -0.25) is 4.79 Å². The molecule has 0 aromatic heterocycles. The van der Waals surface area contributed by atoms with Crippen LogP contribution >= 0.6 is 12.4 Å². The highest BCUT2D eigenvalue weighted by molar-refractivity contribution is 5.89. The van der Waals surface area contributed by atoms with Gasteiger partial charge in [-0.15, -0.1) is 12.4 Å². The topological polar surface area (TPSA) is 46.3 Å². The molecule has 1 aliphatic carbocycles. The predicted molar refractivity (Wildman–Crippen MR) is 89.7 cm³/mol. The Labute approximate surface area is 134 Å². The van der Waals surface area contributed by atoms with Crippen LogP contribution in [0.3, 0.4) is 0 Å². The zero-order valence-corrected chi connectivity index (χ0v) is 14.1. The number of benzene rings is 1. The van der Waals surface area contributed by atoms with Crippen molar-refractivity contribution in [3.8, 4) is 0 Å². The van der Waals surface area contributed by atoms with Crippen molar-refractivity contribution in [2.75, 3.05) is 20.1 Å². The fourth-order valence-electron chi connectivity index (χ4n) is 3.06. The highest BCUT2D eigenvalue weighted by Crippen LogP contribution is 2.45. The summed E-state index contributed by atoms with van der Waals surface area (Å²) in [5.41, 5.74) is 6.62. The van der Waals surface area contributed by atoms with Crippen LogP contribution in [0.4, 0.5) is 0 Å². The molecule has 0 heterocycles. The van der Waals surface area contributed by atoms with Crippen molar-refractivity contribution in [2.45, 2.75) is 38.5 Å². The van der Waals surface area contributed by atoms with Crippen molar-refractivity contribution in [1.82, 2.24) is 4.90 Å². The number of carbonyl (C=O) groups excluding carboxylic acids is 1. The van der Waals surface area contributed by atoms with E-state index >= 15 is 0 Å². The van der Waals surface area contributed by atoms with Gasteiger partial charge in [0.05, 0.1) is 5.41 Å². The third kappa shape index (κ3) is 3.58. The van der Waals surface area contributed by atoms with E-state index in [9.17, 15) is 4.79 Å². The lowest BCUT2D eigenvalue weighted by Gasteiger charge is -2.44. The number of carbonyl (C=O) groups is 1. The molecular formula is C17H27ClN2O. The van der Waals surface area contributed by atoms with Crippen molar-refractivity contribution >= 4 is 18.3 Å². The van der Waals surface area contributed by atoms with Gasteiger partial charge in [0.25, 0.3) is 0 Å². The summed E-state index contributed by atoms with van der Waals surface area (Å²) in [5.74, 6) is 0.247. The van der Waals surface area contributed by atoms with Crippen LogP contribution in [-0.2, 0) is 10.2 Å². The van der Waals surface area contributed by atoms with Crippen LogP contribution in [0.1, 0.15) is 38.7 Å². The third-order valence-corrected chi connectivity index (χ3v) is 4.51. The predicted octanol–water partition coefficient (Wildman–Crippen LogP) is 2.97. The number of nitrogens with zero attached hydrogens (tertiary/aromatic N) is 1. The summed E-state index contributed by atoms with van der Waals surface area (Å²) in [7, 11) is 1.91. The standard InChI is InChI=1S/C17H26N2O.ClH/c1-16(2,12-18)13-19(3)15(20)17(10-7-11-17)14-8-5-4-6-9-14;/h4-6,8-9H,7,10-13,18H2,1-3H3;1H. The second-order valence-electron chi connectivity index (χ2n) is 6.83. The lowest BCUT2D eigenvalue weighted by Crippen LogP contribution is -2.52. The molecule has 118 valence electrons. The van der Waals surface area contributed by atoms with Gasteiger partial charge in [0.2, 0.25) is 5.91 Å². The van der Waals surface area contributed by atoms with E-state index in [1.807, 2.05) is 30.1 Å². The van der Waals surface area contributed by atoms with E-state index in [0.29, 0.717) is 13.1 Å². The van der Waals surface area contributed by atoms with Gasteiger partial charge in [-0.2, -0.15) is 0 Å². The van der Waals surface area contributed by atoms with Crippen molar-refractivity contribution in [2.24, 2.45) is 11.1 Å². The van der Waals surface area contributed by atoms with Gasteiger partial charge < -0.3 is 10.6 Å². The molecule has 0 radical (unpaired) electrons. The van der Waals surface area contributed by atoms with E-state index in [0.717, 1.165) is 24.8 Å². The molecule has 0 aliphatic heterocycles. The SMILES string of the molecule is CN(CC(C)(C)CN)C(=O)C1(c2ccccc2)CCC1.Cl. The monoisotopic (exact) mass is 310 g/mol. The summed E-state index contributed by atoms with van der Waals surface area (Å²) in [4.78, 5) is 14.8. The molecule has 0 atom stereocenters. The molecule has 1 aromatic carbocycles. The van der Waals surface area contributed by atoms with Crippen LogP contribution < -0.4 is 5.73 Å². The van der Waals surface area contributed by atoms with Crippen molar-refractivity contribution in [3.05, 3.63) is 35.9 Å². The van der Waals surface area contributed by atoms with Crippen molar-refractivity contribution in [1.29, 1.82) is 0 Å². The fourth-order valence-corrected chi connectivity index (χ4v) is 3.06.